The Kier molecular flexibility index (Phi) is 2.21. The highest BCUT2D eigenvalue weighted by molar-refractivity contribution is 8.13. The summed E-state index contributed by atoms with van der Waals surface area (Å²) in [6, 6.07) is 0. The number of nitrogens with zero attached hydrogens (tertiary/aromatic N) is 6. The minimum Gasteiger partial charge on any atom is -0.242 e. The monoisotopic (exact) mass is 286 g/mol. The van der Waals surface area contributed by atoms with Crippen LogP contribution >= 0.6 is 10.9 Å². The molecule has 0 fully saturated rings. The fraction of sp³-hybridized carbons (Fsp3) is 0.308. The number of guanidine groups is 2. The fourth-order valence-corrected chi connectivity index (χ4v) is 4.54. The van der Waals surface area contributed by atoms with E-state index in [-0.39, 0.29) is 10.9 Å². The van der Waals surface area contributed by atoms with Crippen LogP contribution in [0.4, 0.5) is 0 Å². The third kappa shape index (κ3) is 1.44. The first-order valence-electron chi connectivity index (χ1n) is 6.41. The molecule has 102 valence electrons. The first kappa shape index (κ1) is 11.8. The molecule has 0 atom stereocenters. The summed E-state index contributed by atoms with van der Waals surface area (Å²) in [6.45, 7) is 8.14. The minimum absolute atomic E-state index is 0.366. The molecule has 4 aliphatic heterocycles. The summed E-state index contributed by atoms with van der Waals surface area (Å²) in [7, 11) is -0.366. The Balaban J connectivity index is 1.85. The molecule has 0 N–H and O–H groups in total. The third-order valence-electron chi connectivity index (χ3n) is 3.29. The standard InChI is InChI=1S/C13H14N6S/c1-7-5-9(3)18-11(14-7)16-13-17-12-15-8(2)6-10(4)19(12)20(13)18/h5-6H,1-4H3. The van der Waals surface area contributed by atoms with Gasteiger partial charge in [-0.25, -0.2) is 18.6 Å². The molecule has 0 saturated carbocycles. The molecule has 0 radical (unpaired) electrons. The fourth-order valence-electron chi connectivity index (χ4n) is 2.60. The highest BCUT2D eigenvalue weighted by Crippen LogP contribution is 2.44. The second kappa shape index (κ2) is 3.76. The minimum atomic E-state index is -0.366. The van der Waals surface area contributed by atoms with Crippen molar-refractivity contribution < 1.29 is 0 Å². The second-order valence-electron chi connectivity index (χ2n) is 5.04. The highest BCUT2D eigenvalue weighted by Gasteiger charge is 2.40. The number of fused-ring (bicyclic) bond motifs is 4. The van der Waals surface area contributed by atoms with Crippen molar-refractivity contribution in [1.29, 1.82) is 0 Å². The van der Waals surface area contributed by atoms with E-state index in [0.717, 1.165) is 39.8 Å². The topological polar surface area (TPSA) is 55.9 Å². The third-order valence-corrected chi connectivity index (χ3v) is 5.40. The van der Waals surface area contributed by atoms with E-state index in [1.807, 2.05) is 13.8 Å². The molecule has 0 aliphatic carbocycles. The summed E-state index contributed by atoms with van der Waals surface area (Å²) in [5.41, 5.74) is 4.24. The van der Waals surface area contributed by atoms with Crippen molar-refractivity contribution in [2.45, 2.75) is 27.7 Å². The second-order valence-corrected chi connectivity index (χ2v) is 6.66. The molecular formula is C13H14N6S. The summed E-state index contributed by atoms with van der Waals surface area (Å²) < 4.78 is 4.29. The van der Waals surface area contributed by atoms with Crippen LogP contribution in [0.2, 0.25) is 0 Å². The Morgan fingerprint density at radius 2 is 1.20 bits per heavy atom. The molecule has 4 rings (SSSR count). The highest BCUT2D eigenvalue weighted by atomic mass is 32.2. The van der Waals surface area contributed by atoms with Gasteiger partial charge < -0.3 is 0 Å². The van der Waals surface area contributed by atoms with E-state index in [9.17, 15) is 0 Å². The van der Waals surface area contributed by atoms with Gasteiger partial charge in [0, 0.05) is 22.8 Å². The predicted molar refractivity (Wildman–Crippen MR) is 84.9 cm³/mol. The van der Waals surface area contributed by atoms with Gasteiger partial charge in [-0.1, -0.05) is 0 Å². The van der Waals surface area contributed by atoms with Crippen LogP contribution in [0.25, 0.3) is 0 Å². The molecule has 4 aliphatic rings. The van der Waals surface area contributed by atoms with E-state index >= 15 is 0 Å². The van der Waals surface area contributed by atoms with Crippen LogP contribution in [0.5, 0.6) is 0 Å². The van der Waals surface area contributed by atoms with Crippen LogP contribution in [-0.4, -0.2) is 37.1 Å². The molecule has 0 bridgehead atoms. The maximum atomic E-state index is 4.57. The van der Waals surface area contributed by atoms with Gasteiger partial charge in [-0.15, -0.1) is 0 Å². The molecule has 7 heteroatoms. The largest absolute Gasteiger partial charge is 0.243 e. The molecule has 4 heterocycles. The summed E-state index contributed by atoms with van der Waals surface area (Å²) >= 11 is 0. The van der Waals surface area contributed by atoms with Crippen molar-refractivity contribution in [3.8, 4) is 0 Å². The summed E-state index contributed by atoms with van der Waals surface area (Å²) in [4.78, 5) is 18.2. The Labute approximate surface area is 119 Å². The van der Waals surface area contributed by atoms with E-state index in [4.69, 9.17) is 0 Å². The molecule has 0 aromatic carbocycles. The maximum absolute atomic E-state index is 4.57. The van der Waals surface area contributed by atoms with Gasteiger partial charge in [0.2, 0.25) is 17.0 Å². The van der Waals surface area contributed by atoms with Gasteiger partial charge in [0.25, 0.3) is 0 Å². The van der Waals surface area contributed by atoms with Crippen molar-refractivity contribution in [2.75, 3.05) is 0 Å². The molecule has 0 aromatic rings. The predicted octanol–water partition coefficient (Wildman–Crippen LogP) is 2.27. The quantitative estimate of drug-likeness (QED) is 0.641. The smallest absolute Gasteiger partial charge is 0.242 e. The average Bonchev–Trinajstić information content (AvgIpc) is 2.81. The lowest BCUT2D eigenvalue weighted by atomic mass is 10.3. The SMILES string of the molecule is CC1=CC(C)=NC2=NC3=S(N12)N1C(C)=CC(C)=NC1=N3. The number of allylic oxidation sites excluding steroid dienone is 4. The molecule has 6 nitrogen and oxygen atoms in total. The molecule has 20 heavy (non-hydrogen) atoms. The van der Waals surface area contributed by atoms with Gasteiger partial charge in [0.1, 0.15) is 0 Å². The first-order chi connectivity index (χ1) is 9.54. The zero-order chi connectivity index (χ0) is 14.0. The first-order valence-corrected chi connectivity index (χ1v) is 7.55. The number of hydrogen-bond acceptors (Lipinski definition) is 6. The van der Waals surface area contributed by atoms with Crippen LogP contribution < -0.4 is 0 Å². The zero-order valence-electron chi connectivity index (χ0n) is 11.7. The summed E-state index contributed by atoms with van der Waals surface area (Å²) in [6.07, 6.45) is 4.15. The normalized spacial score (nSPS) is 24.3. The molecular weight excluding hydrogens is 272 g/mol. The van der Waals surface area contributed by atoms with E-state index in [2.05, 4.69) is 54.6 Å². The van der Waals surface area contributed by atoms with Crippen molar-refractivity contribution in [3.05, 3.63) is 23.5 Å². The number of hydrogen-bond donors (Lipinski definition) is 0. The van der Waals surface area contributed by atoms with Crippen LogP contribution in [-0.2, 0) is 0 Å². The molecule has 0 aromatic heterocycles. The average molecular weight is 286 g/mol. The molecule has 0 saturated heterocycles. The van der Waals surface area contributed by atoms with Crippen LogP contribution in [0, 0.1) is 0 Å². The lowest BCUT2D eigenvalue weighted by Crippen LogP contribution is -2.33. The van der Waals surface area contributed by atoms with Gasteiger partial charge in [0.05, 0.1) is 10.9 Å². The molecule has 0 spiro atoms. The Morgan fingerprint density at radius 1 is 0.750 bits per heavy atom. The molecule has 0 amide bonds. The maximum Gasteiger partial charge on any atom is 0.243 e. The summed E-state index contributed by atoms with van der Waals surface area (Å²) in [5.74, 6) is 1.48. The zero-order valence-corrected chi connectivity index (χ0v) is 12.6. The van der Waals surface area contributed by atoms with Gasteiger partial charge in [-0.2, -0.15) is 9.98 Å². The van der Waals surface area contributed by atoms with Gasteiger partial charge in [-0.3, -0.25) is 0 Å². The lowest BCUT2D eigenvalue weighted by molar-refractivity contribution is 0.739. The van der Waals surface area contributed by atoms with Crippen molar-refractivity contribution in [3.63, 3.8) is 0 Å². The Hall–Kier alpha value is -2.02. The van der Waals surface area contributed by atoms with Gasteiger partial charge in [0.15, 0.2) is 0 Å². The molecule has 0 unspecified atom stereocenters. The van der Waals surface area contributed by atoms with E-state index in [1.165, 1.54) is 0 Å². The van der Waals surface area contributed by atoms with E-state index in [1.54, 1.807) is 0 Å². The van der Waals surface area contributed by atoms with Crippen molar-refractivity contribution in [1.82, 2.24) is 8.61 Å². The van der Waals surface area contributed by atoms with Gasteiger partial charge in [-0.05, 0) is 39.8 Å². The van der Waals surface area contributed by atoms with Crippen molar-refractivity contribution in [2.24, 2.45) is 20.0 Å². The van der Waals surface area contributed by atoms with Crippen LogP contribution in [0.15, 0.2) is 43.5 Å². The van der Waals surface area contributed by atoms with Gasteiger partial charge >= 0.3 is 0 Å². The van der Waals surface area contributed by atoms with Crippen LogP contribution in [0.3, 0.4) is 0 Å². The number of rotatable bonds is 0. The van der Waals surface area contributed by atoms with E-state index in [0.29, 0.717) is 0 Å². The summed E-state index contributed by atoms with van der Waals surface area (Å²) in [5, 5.41) is 0.799. The Morgan fingerprint density at radius 3 is 1.65 bits per heavy atom. The van der Waals surface area contributed by atoms with Crippen molar-refractivity contribution >= 4 is 39.3 Å². The Bertz CT molecular complexity index is 700. The van der Waals surface area contributed by atoms with Crippen LogP contribution in [0.1, 0.15) is 27.7 Å². The number of aliphatic imine (C=N–C) groups is 4. The lowest BCUT2D eigenvalue weighted by Gasteiger charge is -2.33. The van der Waals surface area contributed by atoms with E-state index < -0.39 is 0 Å².